The van der Waals surface area contributed by atoms with Crippen molar-refractivity contribution in [2.75, 3.05) is 72.0 Å². The first-order valence-corrected chi connectivity index (χ1v) is 40.8. The second kappa shape index (κ2) is 43.6. The van der Waals surface area contributed by atoms with Gasteiger partial charge in [0, 0.05) is 138 Å². The minimum Gasteiger partial charge on any atom is -0.350 e. The zero-order chi connectivity index (χ0) is 78.8. The molecule has 0 aliphatic carbocycles. The average Bonchev–Trinajstić information content (AvgIpc) is 1.06. The van der Waals surface area contributed by atoms with Crippen molar-refractivity contribution in [1.29, 1.82) is 0 Å². The lowest BCUT2D eigenvalue weighted by molar-refractivity contribution is -0.134. The second-order valence-electron chi connectivity index (χ2n) is 29.3. The van der Waals surface area contributed by atoms with Crippen LogP contribution in [0.3, 0.4) is 0 Å². The molecule has 0 spiro atoms. The molecule has 3 aliphatic rings. The van der Waals surface area contributed by atoms with Crippen molar-refractivity contribution in [1.82, 2.24) is 57.2 Å². The van der Waals surface area contributed by atoms with Crippen molar-refractivity contribution < 1.29 is 28.8 Å². The number of halogens is 6. The van der Waals surface area contributed by atoms with Gasteiger partial charge in [0.25, 0.3) is 17.7 Å². The van der Waals surface area contributed by atoms with Crippen LogP contribution in [0, 0.1) is 0 Å². The topological polar surface area (TPSA) is 234 Å². The predicted molar refractivity (Wildman–Crippen MR) is 451 cm³/mol. The maximum absolute atomic E-state index is 13.7. The minimum absolute atomic E-state index is 0.00279. The van der Waals surface area contributed by atoms with E-state index >= 15 is 0 Å². The van der Waals surface area contributed by atoms with E-state index in [-0.39, 0.29) is 77.6 Å². The molecule has 0 radical (unpaired) electrons. The number of carbonyl (C=O) groups is 6. The number of nitrogens with zero attached hydrogens (tertiary/aromatic N) is 3. The summed E-state index contributed by atoms with van der Waals surface area (Å²) in [4.78, 5) is 84.9. The third-order valence-corrected chi connectivity index (χ3v) is 22.0. The quantitative estimate of drug-likeness (QED) is 0.0213. The van der Waals surface area contributed by atoms with Crippen molar-refractivity contribution in [3.63, 3.8) is 0 Å². The summed E-state index contributed by atoms with van der Waals surface area (Å²) in [5.74, 6) is 0.348. The highest BCUT2D eigenvalue weighted by Gasteiger charge is 2.35. The number of fused-ring (bicyclic) bond motifs is 2. The number of hydrogen-bond acceptors (Lipinski definition) is 12. The molecule has 8 aromatic rings. The highest BCUT2D eigenvalue weighted by atomic mass is 35.5. The summed E-state index contributed by atoms with van der Waals surface area (Å²) in [6, 6.07) is 53.0. The fraction of sp³-hybridized carbons (Fsp3) is 0.419. The highest BCUT2D eigenvalue weighted by molar-refractivity contribution is 6.42. The third-order valence-electron chi connectivity index (χ3n) is 20.4. The first-order chi connectivity index (χ1) is 52.9. The van der Waals surface area contributed by atoms with Gasteiger partial charge in [0.1, 0.15) is 0 Å². The molecule has 8 atom stereocenters. The van der Waals surface area contributed by atoms with E-state index in [1.165, 1.54) is 11.1 Å². The number of hydrogen-bond donors (Lipinski definition) is 9. The Labute approximate surface area is 678 Å². The molecule has 8 aromatic carbocycles. The Balaban J connectivity index is 0.000000190. The summed E-state index contributed by atoms with van der Waals surface area (Å²) in [6.45, 7) is 19.5. The largest absolute Gasteiger partial charge is 0.350 e. The molecule has 24 heteroatoms. The first-order valence-electron chi connectivity index (χ1n) is 38.5. The van der Waals surface area contributed by atoms with E-state index in [0.29, 0.717) is 163 Å². The lowest BCUT2D eigenvalue weighted by atomic mass is 9.95. The van der Waals surface area contributed by atoms with Crippen molar-refractivity contribution in [3.05, 3.63) is 233 Å². The van der Waals surface area contributed by atoms with Crippen LogP contribution < -0.4 is 48.3 Å². The van der Waals surface area contributed by atoms with Gasteiger partial charge in [-0.2, -0.15) is 0 Å². The van der Waals surface area contributed by atoms with Crippen LogP contribution in [0.5, 0.6) is 0 Å². The van der Waals surface area contributed by atoms with Crippen molar-refractivity contribution in [3.8, 4) is 0 Å². The lowest BCUT2D eigenvalue weighted by Gasteiger charge is -2.29. The van der Waals surface area contributed by atoms with Crippen molar-refractivity contribution >= 4 is 127 Å². The van der Waals surface area contributed by atoms with Gasteiger partial charge in [-0.05, 0) is 194 Å². The zero-order valence-electron chi connectivity index (χ0n) is 63.7. The van der Waals surface area contributed by atoms with Gasteiger partial charge in [0.2, 0.25) is 17.7 Å². The van der Waals surface area contributed by atoms with Gasteiger partial charge in [-0.3, -0.25) is 28.8 Å². The van der Waals surface area contributed by atoms with Crippen LogP contribution in [-0.4, -0.2) is 170 Å². The van der Waals surface area contributed by atoms with Gasteiger partial charge in [0.05, 0.1) is 28.2 Å². The van der Waals surface area contributed by atoms with Gasteiger partial charge in [-0.25, -0.2) is 0 Å². The number of rotatable bonds is 29. The SMILES string of the molecule is CC(C)NCC[C@@H]1N[C@H](CNC(=O)c2ccc(Cl)c(Cl)c2)CCN(Cc2cc(Cl)cc(Cl)c2)C1=O.CC[C@H](CN1CC[C@@H](CNC(=O)c2ccc3cc(Cl)ccc3c2)N[C@@H](CCN)C1=O)c1ccccc1.CC[C@H](CN1CC[C@@H](CNC(=O)c2ccc3cc(Cl)ccc3c2)N[C@@H](CCNC(C)C)C1=O)c1ccccc1. The Hall–Kier alpha value is -7.40. The molecule has 588 valence electrons. The van der Waals surface area contributed by atoms with Crippen LogP contribution in [0.4, 0.5) is 0 Å². The van der Waals surface area contributed by atoms with E-state index in [0.717, 1.165) is 59.3 Å². The number of nitrogens with two attached hydrogens (primary N) is 1. The zero-order valence-corrected chi connectivity index (χ0v) is 68.3. The van der Waals surface area contributed by atoms with Crippen LogP contribution in [0.1, 0.15) is 153 Å². The first kappa shape index (κ1) is 86.6. The van der Waals surface area contributed by atoms with Crippen molar-refractivity contribution in [2.24, 2.45) is 5.73 Å². The number of carbonyl (C=O) groups excluding carboxylic acids is 6. The normalized spacial score (nSPS) is 18.9. The van der Waals surface area contributed by atoms with Crippen LogP contribution in [0.25, 0.3) is 21.5 Å². The molecule has 110 heavy (non-hydrogen) atoms. The molecular weight excluding hydrogens is 1510 g/mol. The second-order valence-corrected chi connectivity index (χ2v) is 31.9. The van der Waals surface area contributed by atoms with Crippen LogP contribution >= 0.6 is 69.6 Å². The smallest absolute Gasteiger partial charge is 0.251 e. The van der Waals surface area contributed by atoms with E-state index in [1.807, 2.05) is 124 Å². The van der Waals surface area contributed by atoms with Crippen LogP contribution in [0.15, 0.2) is 170 Å². The van der Waals surface area contributed by atoms with Crippen LogP contribution in [-0.2, 0) is 20.9 Å². The van der Waals surface area contributed by atoms with Gasteiger partial charge < -0.3 is 63.0 Å². The number of benzene rings is 8. The summed E-state index contributed by atoms with van der Waals surface area (Å²) in [5.41, 5.74) is 10.9. The van der Waals surface area contributed by atoms with Gasteiger partial charge in [-0.15, -0.1) is 0 Å². The monoisotopic (exact) mass is 1610 g/mol. The minimum atomic E-state index is -0.384. The molecule has 3 fully saturated rings. The molecule has 11 rings (SSSR count). The Morgan fingerprint density at radius 3 is 1.21 bits per heavy atom. The average molecular weight is 1620 g/mol. The Kier molecular flexibility index (Phi) is 34.3. The predicted octanol–water partition coefficient (Wildman–Crippen LogP) is 14.9. The molecule has 0 bridgehead atoms. The number of nitrogens with one attached hydrogen (secondary N) is 8. The molecule has 6 amide bonds. The maximum Gasteiger partial charge on any atom is 0.251 e. The highest BCUT2D eigenvalue weighted by Crippen LogP contribution is 2.29. The standard InChI is InChI=1S/C32H41ClN4O2.C29H35ClN4O2.C25H30Cl4N4O2/c1-4-23(24-8-6-5-7-9-24)21-37-17-15-29(36-30(32(37)39)14-16-34-22(2)3)20-35-31(38)27-11-10-26-19-28(33)13-12-25(26)18-27;1-2-20(21-6-4-3-5-7-21)19-34-15-13-26(33-27(12-14-31)29(34)36)18-32-28(35)24-9-8-23-17-25(30)11-10-22(23)16-24;1-15(2)30-7-5-23-25(35)33(14-16-9-18(26)12-19(27)10-16)8-6-20(32-23)13-31-24(34)17-3-4-21(28)22(29)11-17/h5-13,18-19,22-23,29-30,34,36H,4,14-17,20-21H2,1-3H3,(H,35,38);3-11,16-17,20,26-27,33H,2,12-15,18-19,31H2,1H3,(H,32,35);3-4,9-12,15,20,23,30,32H,5-8,13-14H2,1-2H3,(H,31,34)/t23-,29+,30+;20-,26+,27+;20-,23-/m110/s1. The molecule has 3 heterocycles. The fourth-order valence-electron chi connectivity index (χ4n) is 14.2. The summed E-state index contributed by atoms with van der Waals surface area (Å²) in [6.07, 6.45) is 6.04. The molecule has 0 unspecified atom stereocenters. The summed E-state index contributed by atoms with van der Waals surface area (Å²) >= 11 is 36.5. The number of amides is 6. The Bertz CT molecular complexity index is 4330. The summed E-state index contributed by atoms with van der Waals surface area (Å²) in [7, 11) is 0. The Morgan fingerprint density at radius 1 is 0.436 bits per heavy atom. The molecular formula is C86H106Cl6N12O6. The Morgan fingerprint density at radius 2 is 0.809 bits per heavy atom. The summed E-state index contributed by atoms with van der Waals surface area (Å²) < 4.78 is 0. The van der Waals surface area contributed by atoms with Crippen molar-refractivity contribution in [2.45, 2.75) is 160 Å². The fourth-order valence-corrected chi connectivity index (χ4v) is 15.4. The summed E-state index contributed by atoms with van der Waals surface area (Å²) in [5, 5.41) is 33.5. The van der Waals surface area contributed by atoms with Gasteiger partial charge in [-0.1, -0.05) is 196 Å². The molecule has 0 aromatic heterocycles. The van der Waals surface area contributed by atoms with E-state index in [1.54, 1.807) is 24.3 Å². The molecule has 10 N–H and O–H groups in total. The van der Waals surface area contributed by atoms with E-state index in [9.17, 15) is 28.8 Å². The molecule has 18 nitrogen and oxygen atoms in total. The van der Waals surface area contributed by atoms with E-state index in [4.69, 9.17) is 75.3 Å². The van der Waals surface area contributed by atoms with E-state index in [2.05, 4.69) is 120 Å². The van der Waals surface area contributed by atoms with Gasteiger partial charge >= 0.3 is 0 Å². The van der Waals surface area contributed by atoms with E-state index < -0.39 is 0 Å². The third kappa shape index (κ3) is 26.4. The van der Waals surface area contributed by atoms with Gasteiger partial charge in [0.15, 0.2) is 0 Å². The lowest BCUT2D eigenvalue weighted by Crippen LogP contribution is -2.50. The maximum atomic E-state index is 13.7. The molecule has 3 aliphatic heterocycles. The van der Waals surface area contributed by atoms with Crippen LogP contribution in [0.2, 0.25) is 30.1 Å². The molecule has 3 saturated heterocycles. The molecule has 0 saturated carbocycles.